The van der Waals surface area contributed by atoms with Crippen molar-refractivity contribution in [2.45, 2.75) is 33.2 Å². The van der Waals surface area contributed by atoms with Gasteiger partial charge >= 0.3 is 5.97 Å². The highest BCUT2D eigenvalue weighted by molar-refractivity contribution is 5.78. The number of amides is 1. The van der Waals surface area contributed by atoms with E-state index in [9.17, 15) is 9.59 Å². The molecule has 0 heterocycles. The fraction of sp³-hybridized carbons (Fsp3) is 0.833. The van der Waals surface area contributed by atoms with Gasteiger partial charge in [-0.05, 0) is 20.8 Å². The largest absolute Gasteiger partial charge is 0.481 e. The zero-order chi connectivity index (χ0) is 14.0. The van der Waals surface area contributed by atoms with Gasteiger partial charge < -0.3 is 19.5 Å². The summed E-state index contributed by atoms with van der Waals surface area (Å²) in [6.45, 7) is 7.20. The quantitative estimate of drug-likeness (QED) is 0.587. The van der Waals surface area contributed by atoms with E-state index < -0.39 is 5.97 Å². The second-order valence-electron chi connectivity index (χ2n) is 4.07. The van der Waals surface area contributed by atoms with Crippen molar-refractivity contribution in [2.24, 2.45) is 0 Å². The average molecular weight is 261 g/mol. The minimum Gasteiger partial charge on any atom is -0.481 e. The molecule has 0 aromatic carbocycles. The Hall–Kier alpha value is -1.14. The summed E-state index contributed by atoms with van der Waals surface area (Å²) in [5.74, 6) is -1.10. The first kappa shape index (κ1) is 16.9. The maximum atomic E-state index is 11.8. The molecule has 0 saturated heterocycles. The molecule has 6 nitrogen and oxygen atoms in total. The molecule has 0 rings (SSSR count). The van der Waals surface area contributed by atoms with E-state index in [-0.39, 0.29) is 31.5 Å². The van der Waals surface area contributed by atoms with Crippen molar-refractivity contribution in [2.75, 3.05) is 33.0 Å². The molecule has 6 heteroatoms. The fourth-order valence-corrected chi connectivity index (χ4v) is 1.39. The molecule has 0 aliphatic heterocycles. The Morgan fingerprint density at radius 2 is 1.83 bits per heavy atom. The summed E-state index contributed by atoms with van der Waals surface area (Å²) in [5, 5.41) is 8.61. The SMILES string of the molecule is CCOCCOCC(=O)N(CCC(=O)O)C(C)C. The molecule has 18 heavy (non-hydrogen) atoms. The van der Waals surface area contributed by atoms with Crippen LogP contribution < -0.4 is 0 Å². The Bertz CT molecular complexity index is 255. The minimum atomic E-state index is -0.911. The summed E-state index contributed by atoms with van der Waals surface area (Å²) in [6.07, 6.45) is -0.0527. The molecule has 0 atom stereocenters. The predicted octanol–water partition coefficient (Wildman–Crippen LogP) is 0.751. The summed E-state index contributed by atoms with van der Waals surface area (Å²) in [6, 6.07) is -0.0349. The van der Waals surface area contributed by atoms with Gasteiger partial charge in [-0.2, -0.15) is 0 Å². The molecule has 0 fully saturated rings. The van der Waals surface area contributed by atoms with E-state index >= 15 is 0 Å². The van der Waals surface area contributed by atoms with Crippen molar-refractivity contribution in [1.29, 1.82) is 0 Å². The Balaban J connectivity index is 3.95. The Kier molecular flexibility index (Phi) is 9.22. The molecular formula is C12H23NO5. The number of ether oxygens (including phenoxy) is 2. The molecule has 0 bridgehead atoms. The van der Waals surface area contributed by atoms with Gasteiger partial charge in [-0.15, -0.1) is 0 Å². The van der Waals surface area contributed by atoms with Gasteiger partial charge in [0.2, 0.25) is 5.91 Å². The first-order chi connectivity index (χ1) is 8.49. The topological polar surface area (TPSA) is 76.1 Å². The first-order valence-corrected chi connectivity index (χ1v) is 6.15. The third-order valence-corrected chi connectivity index (χ3v) is 2.31. The third-order valence-electron chi connectivity index (χ3n) is 2.31. The lowest BCUT2D eigenvalue weighted by Gasteiger charge is -2.26. The predicted molar refractivity (Wildman–Crippen MR) is 66.4 cm³/mol. The molecule has 0 aromatic heterocycles. The molecule has 1 N–H and O–H groups in total. The minimum absolute atomic E-state index is 0.0349. The summed E-state index contributed by atoms with van der Waals surface area (Å²) in [7, 11) is 0. The third kappa shape index (κ3) is 8.03. The molecule has 0 aliphatic carbocycles. The number of aliphatic carboxylic acids is 1. The lowest BCUT2D eigenvalue weighted by atomic mass is 10.3. The Labute approximate surface area is 108 Å². The summed E-state index contributed by atoms with van der Waals surface area (Å²) < 4.78 is 10.2. The van der Waals surface area contributed by atoms with E-state index in [1.807, 2.05) is 20.8 Å². The van der Waals surface area contributed by atoms with E-state index in [4.69, 9.17) is 14.6 Å². The number of carboxylic acids is 1. The molecule has 0 radical (unpaired) electrons. The average Bonchev–Trinajstić information content (AvgIpc) is 2.28. The molecule has 0 spiro atoms. The second kappa shape index (κ2) is 9.85. The van der Waals surface area contributed by atoms with Crippen molar-refractivity contribution in [3.8, 4) is 0 Å². The molecule has 0 unspecified atom stereocenters. The molecule has 0 aliphatic rings. The van der Waals surface area contributed by atoms with E-state index in [2.05, 4.69) is 0 Å². The van der Waals surface area contributed by atoms with Crippen molar-refractivity contribution in [1.82, 2.24) is 4.90 Å². The number of carboxylic acid groups (broad SMARTS) is 1. The maximum Gasteiger partial charge on any atom is 0.305 e. The summed E-state index contributed by atoms with van der Waals surface area (Å²) >= 11 is 0. The highest BCUT2D eigenvalue weighted by atomic mass is 16.5. The number of hydrogen-bond acceptors (Lipinski definition) is 4. The van der Waals surface area contributed by atoms with Crippen LogP contribution in [-0.2, 0) is 19.1 Å². The van der Waals surface area contributed by atoms with E-state index in [0.717, 1.165) is 0 Å². The van der Waals surface area contributed by atoms with Crippen LogP contribution in [0.25, 0.3) is 0 Å². The van der Waals surface area contributed by atoms with Crippen LogP contribution in [0.15, 0.2) is 0 Å². The van der Waals surface area contributed by atoms with Crippen molar-refractivity contribution in [3.05, 3.63) is 0 Å². The Morgan fingerprint density at radius 1 is 1.22 bits per heavy atom. The smallest absolute Gasteiger partial charge is 0.305 e. The van der Waals surface area contributed by atoms with Crippen LogP contribution in [0.3, 0.4) is 0 Å². The van der Waals surface area contributed by atoms with Crippen LogP contribution in [0.1, 0.15) is 27.2 Å². The van der Waals surface area contributed by atoms with Crippen LogP contribution in [0.5, 0.6) is 0 Å². The van der Waals surface area contributed by atoms with Gasteiger partial charge in [-0.25, -0.2) is 0 Å². The Morgan fingerprint density at radius 3 is 2.33 bits per heavy atom. The van der Waals surface area contributed by atoms with Crippen molar-refractivity contribution >= 4 is 11.9 Å². The first-order valence-electron chi connectivity index (χ1n) is 6.15. The number of carbonyl (C=O) groups is 2. The van der Waals surface area contributed by atoms with Crippen LogP contribution in [0.4, 0.5) is 0 Å². The molecule has 0 saturated carbocycles. The number of carbonyl (C=O) groups excluding carboxylic acids is 1. The lowest BCUT2D eigenvalue weighted by Crippen LogP contribution is -2.40. The van der Waals surface area contributed by atoms with Gasteiger partial charge in [0.15, 0.2) is 0 Å². The lowest BCUT2D eigenvalue weighted by molar-refractivity contribution is -0.141. The van der Waals surface area contributed by atoms with Crippen molar-refractivity contribution < 1.29 is 24.2 Å². The van der Waals surface area contributed by atoms with Gasteiger partial charge in [0.05, 0.1) is 19.6 Å². The highest BCUT2D eigenvalue weighted by Crippen LogP contribution is 2.01. The van der Waals surface area contributed by atoms with Gasteiger partial charge in [-0.3, -0.25) is 9.59 Å². The summed E-state index contributed by atoms with van der Waals surface area (Å²) in [5.41, 5.74) is 0. The molecule has 0 aromatic rings. The highest BCUT2D eigenvalue weighted by Gasteiger charge is 2.17. The number of hydrogen-bond donors (Lipinski definition) is 1. The number of nitrogens with zero attached hydrogens (tertiary/aromatic N) is 1. The normalized spacial score (nSPS) is 10.7. The second-order valence-corrected chi connectivity index (χ2v) is 4.07. The van der Waals surface area contributed by atoms with Gasteiger partial charge in [0, 0.05) is 19.2 Å². The van der Waals surface area contributed by atoms with Gasteiger partial charge in [0.25, 0.3) is 0 Å². The van der Waals surface area contributed by atoms with Crippen LogP contribution >= 0.6 is 0 Å². The summed E-state index contributed by atoms with van der Waals surface area (Å²) in [4.78, 5) is 23.8. The van der Waals surface area contributed by atoms with Crippen molar-refractivity contribution in [3.63, 3.8) is 0 Å². The van der Waals surface area contributed by atoms with Crippen LogP contribution in [0.2, 0.25) is 0 Å². The van der Waals surface area contributed by atoms with Gasteiger partial charge in [-0.1, -0.05) is 0 Å². The standard InChI is InChI=1S/C12H23NO5/c1-4-17-7-8-18-9-11(14)13(10(2)3)6-5-12(15)16/h10H,4-9H2,1-3H3,(H,15,16). The maximum absolute atomic E-state index is 11.8. The monoisotopic (exact) mass is 261 g/mol. The van der Waals surface area contributed by atoms with Crippen LogP contribution in [-0.4, -0.2) is 60.9 Å². The molecular weight excluding hydrogens is 238 g/mol. The van der Waals surface area contributed by atoms with E-state index in [1.54, 1.807) is 0 Å². The molecule has 106 valence electrons. The fourth-order valence-electron chi connectivity index (χ4n) is 1.39. The van der Waals surface area contributed by atoms with Crippen LogP contribution in [0, 0.1) is 0 Å². The van der Waals surface area contributed by atoms with E-state index in [0.29, 0.717) is 19.8 Å². The zero-order valence-electron chi connectivity index (χ0n) is 11.3. The number of rotatable bonds is 10. The molecule has 1 amide bonds. The van der Waals surface area contributed by atoms with E-state index in [1.165, 1.54) is 4.90 Å². The zero-order valence-corrected chi connectivity index (χ0v) is 11.3. The van der Waals surface area contributed by atoms with Gasteiger partial charge in [0.1, 0.15) is 6.61 Å².